The van der Waals surface area contributed by atoms with Gasteiger partial charge in [0.1, 0.15) is 5.75 Å². The first-order valence-electron chi connectivity index (χ1n) is 8.13. The molecule has 0 atom stereocenters. The third-order valence-electron chi connectivity index (χ3n) is 3.17. The van der Waals surface area contributed by atoms with E-state index in [4.69, 9.17) is 18.9 Å². The molecule has 0 aromatic heterocycles. The van der Waals surface area contributed by atoms with Crippen LogP contribution in [0.2, 0.25) is 0 Å². The fourth-order valence-electron chi connectivity index (χ4n) is 2.18. The van der Waals surface area contributed by atoms with E-state index in [0.29, 0.717) is 48.4 Å². The molecule has 0 spiro atoms. The molecule has 25 heavy (non-hydrogen) atoms. The van der Waals surface area contributed by atoms with Crippen LogP contribution in [-0.2, 0) is 0 Å². The normalized spacial score (nSPS) is 10.2. The highest BCUT2D eigenvalue weighted by Gasteiger charge is 2.19. The topological polar surface area (TPSA) is 54.0 Å². The third kappa shape index (κ3) is 5.13. The molecule has 5 nitrogen and oxygen atoms in total. The molecule has 0 radical (unpaired) electrons. The van der Waals surface area contributed by atoms with Gasteiger partial charge >= 0.3 is 5.97 Å². The molecule has 2 aromatic carbocycles. The van der Waals surface area contributed by atoms with Crippen LogP contribution >= 0.6 is 15.9 Å². The van der Waals surface area contributed by atoms with Gasteiger partial charge in [0, 0.05) is 4.47 Å². The summed E-state index contributed by atoms with van der Waals surface area (Å²) in [5, 5.41) is 0. The number of rotatable bonds is 8. The second-order valence-corrected chi connectivity index (χ2v) is 5.86. The van der Waals surface area contributed by atoms with Crippen molar-refractivity contribution in [3.8, 4) is 23.0 Å². The maximum Gasteiger partial charge on any atom is 0.343 e. The molecule has 0 amide bonds. The van der Waals surface area contributed by atoms with Crippen molar-refractivity contribution in [1.29, 1.82) is 0 Å². The van der Waals surface area contributed by atoms with Crippen molar-refractivity contribution >= 4 is 21.9 Å². The number of halogens is 1. The van der Waals surface area contributed by atoms with E-state index in [1.807, 2.05) is 20.8 Å². The van der Waals surface area contributed by atoms with E-state index in [0.717, 1.165) is 4.47 Å². The Morgan fingerprint density at radius 2 is 1.40 bits per heavy atom. The first-order valence-corrected chi connectivity index (χ1v) is 8.92. The summed E-state index contributed by atoms with van der Waals surface area (Å²) >= 11 is 3.35. The van der Waals surface area contributed by atoms with Crippen LogP contribution in [0.15, 0.2) is 40.9 Å². The molecule has 2 rings (SSSR count). The van der Waals surface area contributed by atoms with E-state index < -0.39 is 5.97 Å². The Morgan fingerprint density at radius 3 is 1.88 bits per heavy atom. The number of ether oxygens (including phenoxy) is 4. The fourth-order valence-corrected chi connectivity index (χ4v) is 2.44. The molecule has 0 aliphatic carbocycles. The zero-order valence-electron chi connectivity index (χ0n) is 14.5. The number of benzene rings is 2. The predicted octanol–water partition coefficient (Wildman–Crippen LogP) is 4.86. The van der Waals surface area contributed by atoms with E-state index in [9.17, 15) is 4.79 Å². The Labute approximate surface area is 156 Å². The van der Waals surface area contributed by atoms with Crippen LogP contribution in [0, 0.1) is 0 Å². The lowest BCUT2D eigenvalue weighted by Crippen LogP contribution is -2.11. The van der Waals surface area contributed by atoms with Crippen molar-refractivity contribution in [2.75, 3.05) is 19.8 Å². The summed E-state index contributed by atoms with van der Waals surface area (Å²) in [6.45, 7) is 6.95. The molecule has 0 heterocycles. The molecular formula is C19H21BrO5. The number of esters is 1. The summed E-state index contributed by atoms with van der Waals surface area (Å²) in [5.74, 6) is 1.37. The molecule has 0 N–H and O–H groups in total. The Kier molecular flexibility index (Phi) is 7.13. The molecule has 0 saturated carbocycles. The van der Waals surface area contributed by atoms with Gasteiger partial charge in [-0.05, 0) is 57.2 Å². The van der Waals surface area contributed by atoms with Crippen molar-refractivity contribution in [1.82, 2.24) is 0 Å². The zero-order chi connectivity index (χ0) is 18.2. The van der Waals surface area contributed by atoms with Gasteiger partial charge < -0.3 is 18.9 Å². The molecular weight excluding hydrogens is 388 g/mol. The van der Waals surface area contributed by atoms with E-state index in [-0.39, 0.29) is 0 Å². The molecule has 6 heteroatoms. The molecule has 0 fully saturated rings. The smallest absolute Gasteiger partial charge is 0.343 e. The molecule has 0 aliphatic rings. The molecule has 0 aliphatic heterocycles. The maximum absolute atomic E-state index is 12.5. The van der Waals surface area contributed by atoms with Gasteiger partial charge in [0.15, 0.2) is 11.5 Å². The van der Waals surface area contributed by atoms with E-state index in [1.54, 1.807) is 36.4 Å². The molecule has 0 bridgehead atoms. The Bertz CT molecular complexity index is 685. The summed E-state index contributed by atoms with van der Waals surface area (Å²) in [6.07, 6.45) is 0. The van der Waals surface area contributed by atoms with Gasteiger partial charge in [0.05, 0.1) is 25.4 Å². The van der Waals surface area contributed by atoms with Gasteiger partial charge in [-0.15, -0.1) is 0 Å². The lowest BCUT2D eigenvalue weighted by Gasteiger charge is -2.16. The van der Waals surface area contributed by atoms with E-state index in [2.05, 4.69) is 15.9 Å². The molecule has 0 unspecified atom stereocenters. The Hall–Kier alpha value is -2.21. The number of carbonyl (C=O) groups excluding carboxylic acids is 1. The van der Waals surface area contributed by atoms with Gasteiger partial charge in [-0.1, -0.05) is 15.9 Å². The van der Waals surface area contributed by atoms with Crippen LogP contribution in [0.1, 0.15) is 31.1 Å². The summed E-state index contributed by atoms with van der Waals surface area (Å²) in [4.78, 5) is 12.5. The van der Waals surface area contributed by atoms with Gasteiger partial charge in [0.25, 0.3) is 0 Å². The van der Waals surface area contributed by atoms with Crippen LogP contribution in [-0.4, -0.2) is 25.8 Å². The summed E-state index contributed by atoms with van der Waals surface area (Å²) < 4.78 is 23.2. The van der Waals surface area contributed by atoms with Crippen molar-refractivity contribution < 1.29 is 23.7 Å². The van der Waals surface area contributed by atoms with Crippen LogP contribution in [0.4, 0.5) is 0 Å². The van der Waals surface area contributed by atoms with Crippen LogP contribution in [0.25, 0.3) is 0 Å². The summed E-state index contributed by atoms with van der Waals surface area (Å²) in [5.41, 5.74) is 0.332. The third-order valence-corrected chi connectivity index (χ3v) is 3.70. The Balaban J connectivity index is 2.34. The Morgan fingerprint density at radius 1 is 0.880 bits per heavy atom. The first kappa shape index (κ1) is 19.1. The van der Waals surface area contributed by atoms with Crippen molar-refractivity contribution in [2.45, 2.75) is 20.8 Å². The highest BCUT2D eigenvalue weighted by Crippen LogP contribution is 2.39. The highest BCUT2D eigenvalue weighted by atomic mass is 79.9. The second-order valence-electron chi connectivity index (χ2n) is 4.94. The SMILES string of the molecule is CCOc1cc(C(=O)Oc2ccc(Br)cc2)cc(OCC)c1OCC. The number of hydrogen-bond acceptors (Lipinski definition) is 5. The number of carbonyl (C=O) groups is 1. The summed E-state index contributed by atoms with van der Waals surface area (Å²) in [7, 11) is 0. The average molecular weight is 409 g/mol. The van der Waals surface area contributed by atoms with Gasteiger partial charge in [0.2, 0.25) is 5.75 Å². The quantitative estimate of drug-likeness (QED) is 0.460. The van der Waals surface area contributed by atoms with Crippen molar-refractivity contribution in [3.05, 3.63) is 46.4 Å². The minimum Gasteiger partial charge on any atom is -0.490 e. The van der Waals surface area contributed by atoms with Crippen LogP contribution < -0.4 is 18.9 Å². The molecule has 134 valence electrons. The van der Waals surface area contributed by atoms with Crippen LogP contribution in [0.3, 0.4) is 0 Å². The fraction of sp³-hybridized carbons (Fsp3) is 0.316. The largest absolute Gasteiger partial charge is 0.490 e. The summed E-state index contributed by atoms with van der Waals surface area (Å²) in [6, 6.07) is 10.2. The predicted molar refractivity (Wildman–Crippen MR) is 99.0 cm³/mol. The van der Waals surface area contributed by atoms with Gasteiger partial charge in [-0.25, -0.2) is 4.79 Å². The van der Waals surface area contributed by atoms with Gasteiger partial charge in [-0.3, -0.25) is 0 Å². The standard InChI is InChI=1S/C19H21BrO5/c1-4-22-16-11-13(12-17(23-5-2)18(16)24-6-3)19(21)25-15-9-7-14(20)8-10-15/h7-12H,4-6H2,1-3H3. The highest BCUT2D eigenvalue weighted by molar-refractivity contribution is 9.10. The van der Waals surface area contributed by atoms with Crippen molar-refractivity contribution in [3.63, 3.8) is 0 Å². The monoisotopic (exact) mass is 408 g/mol. The van der Waals surface area contributed by atoms with Crippen LogP contribution in [0.5, 0.6) is 23.0 Å². The van der Waals surface area contributed by atoms with Crippen molar-refractivity contribution in [2.24, 2.45) is 0 Å². The van der Waals surface area contributed by atoms with E-state index >= 15 is 0 Å². The second kappa shape index (κ2) is 9.32. The lowest BCUT2D eigenvalue weighted by molar-refractivity contribution is 0.0733. The first-order chi connectivity index (χ1) is 12.1. The van der Waals surface area contributed by atoms with Gasteiger partial charge in [-0.2, -0.15) is 0 Å². The minimum atomic E-state index is -0.493. The number of hydrogen-bond donors (Lipinski definition) is 0. The molecule has 2 aromatic rings. The lowest BCUT2D eigenvalue weighted by atomic mass is 10.2. The average Bonchev–Trinajstić information content (AvgIpc) is 2.60. The maximum atomic E-state index is 12.5. The minimum absolute atomic E-state index is 0.332. The molecule has 0 saturated heterocycles. The zero-order valence-corrected chi connectivity index (χ0v) is 16.1. The van der Waals surface area contributed by atoms with E-state index in [1.165, 1.54) is 0 Å².